The molecule has 0 saturated carbocycles. The van der Waals surface area contributed by atoms with Crippen LogP contribution in [0.25, 0.3) is 0 Å². The highest BCUT2D eigenvalue weighted by Gasteiger charge is 2.14. The number of nitrogens with zero attached hydrogens (tertiary/aromatic N) is 2. The summed E-state index contributed by atoms with van der Waals surface area (Å²) in [5.41, 5.74) is 1.62. The van der Waals surface area contributed by atoms with Gasteiger partial charge in [0.25, 0.3) is 5.91 Å². The molecule has 0 radical (unpaired) electrons. The first kappa shape index (κ1) is 13.7. The molecule has 2 rings (SSSR count). The number of amides is 1. The van der Waals surface area contributed by atoms with Crippen molar-refractivity contribution in [2.24, 2.45) is 0 Å². The molecule has 0 aliphatic heterocycles. The number of aryl methyl sites for hydroxylation is 2. The lowest BCUT2D eigenvalue weighted by Crippen LogP contribution is -2.17. The third kappa shape index (κ3) is 3.01. The first-order chi connectivity index (χ1) is 9.01. The van der Waals surface area contributed by atoms with Crippen molar-refractivity contribution in [2.75, 3.05) is 5.32 Å². The second kappa shape index (κ2) is 5.52. The van der Waals surface area contributed by atoms with Crippen molar-refractivity contribution in [3.8, 4) is 0 Å². The number of aromatic nitrogens is 2. The minimum atomic E-state index is -0.404. The van der Waals surface area contributed by atoms with Gasteiger partial charge in [0, 0.05) is 11.0 Å². The molecule has 1 amide bonds. The molecule has 1 aromatic carbocycles. The molecule has 0 saturated heterocycles. The predicted octanol–water partition coefficient (Wildman–Crippen LogP) is 3.37. The van der Waals surface area contributed by atoms with Gasteiger partial charge in [-0.15, -0.1) is 0 Å². The average Bonchev–Trinajstić information content (AvgIpc) is 2.75. The Balaban J connectivity index is 2.27. The molecule has 19 heavy (non-hydrogen) atoms. The fourth-order valence-electron chi connectivity index (χ4n) is 1.75. The maximum absolute atomic E-state index is 13.2. The molecular weight excluding hydrogens is 313 g/mol. The topological polar surface area (TPSA) is 46.9 Å². The maximum Gasteiger partial charge on any atom is 0.273 e. The minimum absolute atomic E-state index is 0.311. The van der Waals surface area contributed by atoms with Gasteiger partial charge in [-0.1, -0.05) is 0 Å². The van der Waals surface area contributed by atoms with E-state index >= 15 is 0 Å². The van der Waals surface area contributed by atoms with E-state index in [1.165, 1.54) is 12.1 Å². The Bertz CT molecular complexity index is 624. The van der Waals surface area contributed by atoms with Crippen LogP contribution in [0.4, 0.5) is 10.1 Å². The number of anilines is 1. The van der Waals surface area contributed by atoms with Crippen molar-refractivity contribution in [3.05, 3.63) is 45.9 Å². The van der Waals surface area contributed by atoms with Crippen molar-refractivity contribution >= 4 is 27.5 Å². The number of rotatable bonds is 3. The molecule has 100 valence electrons. The van der Waals surface area contributed by atoms with E-state index in [1.807, 2.05) is 13.8 Å². The Hall–Kier alpha value is -1.69. The van der Waals surface area contributed by atoms with Gasteiger partial charge in [-0.3, -0.25) is 9.48 Å². The van der Waals surface area contributed by atoms with Crippen LogP contribution in [0.3, 0.4) is 0 Å². The van der Waals surface area contributed by atoms with Gasteiger partial charge >= 0.3 is 0 Å². The normalized spacial score (nSPS) is 10.5. The molecule has 1 N–H and O–H groups in total. The summed E-state index contributed by atoms with van der Waals surface area (Å²) in [6, 6.07) is 5.83. The molecule has 0 bridgehead atoms. The van der Waals surface area contributed by atoms with Gasteiger partial charge in [0.15, 0.2) is 0 Å². The van der Waals surface area contributed by atoms with E-state index in [0.717, 1.165) is 5.69 Å². The van der Waals surface area contributed by atoms with Crippen molar-refractivity contribution in [2.45, 2.75) is 20.4 Å². The van der Waals surface area contributed by atoms with E-state index < -0.39 is 5.82 Å². The Morgan fingerprint density at radius 2 is 2.21 bits per heavy atom. The van der Waals surface area contributed by atoms with E-state index in [4.69, 9.17) is 0 Å². The first-order valence-corrected chi connectivity index (χ1v) is 6.61. The third-order valence-corrected chi connectivity index (χ3v) is 3.30. The molecule has 0 spiro atoms. The number of nitrogens with one attached hydrogen (secondary N) is 1. The highest BCUT2D eigenvalue weighted by molar-refractivity contribution is 9.10. The van der Waals surface area contributed by atoms with Crippen molar-refractivity contribution in [1.82, 2.24) is 9.78 Å². The average molecular weight is 326 g/mol. The second-order valence-electron chi connectivity index (χ2n) is 4.07. The van der Waals surface area contributed by atoms with Crippen molar-refractivity contribution in [1.29, 1.82) is 0 Å². The van der Waals surface area contributed by atoms with Crippen molar-refractivity contribution < 1.29 is 9.18 Å². The minimum Gasteiger partial charge on any atom is -0.320 e. The molecule has 0 unspecified atom stereocenters. The van der Waals surface area contributed by atoms with Gasteiger partial charge in [0.2, 0.25) is 0 Å². The van der Waals surface area contributed by atoms with Crippen LogP contribution in [0.5, 0.6) is 0 Å². The second-order valence-corrected chi connectivity index (χ2v) is 4.92. The van der Waals surface area contributed by atoms with Crippen LogP contribution in [-0.2, 0) is 6.54 Å². The summed E-state index contributed by atoms with van der Waals surface area (Å²) in [5.74, 6) is -0.715. The molecule has 0 atom stereocenters. The SMILES string of the molecule is CCn1nc(C)cc1C(=O)Nc1cc(F)ccc1Br. The third-order valence-electron chi connectivity index (χ3n) is 2.61. The summed E-state index contributed by atoms with van der Waals surface area (Å²) in [4.78, 5) is 12.2. The van der Waals surface area contributed by atoms with E-state index in [9.17, 15) is 9.18 Å². The van der Waals surface area contributed by atoms with Gasteiger partial charge in [-0.25, -0.2) is 4.39 Å². The van der Waals surface area contributed by atoms with E-state index in [1.54, 1.807) is 16.8 Å². The standard InChI is InChI=1S/C13H13BrFN3O/c1-3-18-12(6-8(2)17-18)13(19)16-11-7-9(15)4-5-10(11)14/h4-7H,3H2,1-2H3,(H,16,19). The molecule has 6 heteroatoms. The van der Waals surface area contributed by atoms with Gasteiger partial charge in [0.1, 0.15) is 11.5 Å². The summed E-state index contributed by atoms with van der Waals surface area (Å²) in [7, 11) is 0. The largest absolute Gasteiger partial charge is 0.320 e. The van der Waals surface area contributed by atoms with Crippen LogP contribution in [0.1, 0.15) is 23.1 Å². The molecular formula is C13H13BrFN3O. The fourth-order valence-corrected chi connectivity index (χ4v) is 2.09. The Morgan fingerprint density at radius 1 is 1.47 bits per heavy atom. The predicted molar refractivity (Wildman–Crippen MR) is 74.7 cm³/mol. The summed E-state index contributed by atoms with van der Waals surface area (Å²) in [6.07, 6.45) is 0. The van der Waals surface area contributed by atoms with Crippen LogP contribution in [0, 0.1) is 12.7 Å². The van der Waals surface area contributed by atoms with Gasteiger partial charge in [-0.05, 0) is 54.0 Å². The summed E-state index contributed by atoms with van der Waals surface area (Å²) in [6.45, 7) is 4.32. The number of carbonyl (C=O) groups excluding carboxylic acids is 1. The van der Waals surface area contributed by atoms with Crippen LogP contribution >= 0.6 is 15.9 Å². The lowest BCUT2D eigenvalue weighted by molar-refractivity contribution is 0.101. The monoisotopic (exact) mass is 325 g/mol. The van der Waals surface area contributed by atoms with E-state index in [2.05, 4.69) is 26.3 Å². The van der Waals surface area contributed by atoms with E-state index in [0.29, 0.717) is 22.4 Å². The zero-order valence-corrected chi connectivity index (χ0v) is 12.2. The number of halogens is 2. The Labute approximate surface area is 118 Å². The number of hydrogen-bond donors (Lipinski definition) is 1. The molecule has 0 aliphatic carbocycles. The van der Waals surface area contributed by atoms with E-state index in [-0.39, 0.29) is 5.91 Å². The number of hydrogen-bond acceptors (Lipinski definition) is 2. The smallest absolute Gasteiger partial charge is 0.273 e. The number of benzene rings is 1. The molecule has 1 heterocycles. The van der Waals surface area contributed by atoms with Gasteiger partial charge < -0.3 is 5.32 Å². The molecule has 2 aromatic rings. The van der Waals surface area contributed by atoms with Crippen molar-refractivity contribution in [3.63, 3.8) is 0 Å². The lowest BCUT2D eigenvalue weighted by Gasteiger charge is -2.08. The Kier molecular flexibility index (Phi) is 3.99. The zero-order valence-electron chi connectivity index (χ0n) is 10.6. The molecule has 0 aliphatic rings. The van der Waals surface area contributed by atoms with Gasteiger partial charge in [0.05, 0.1) is 11.4 Å². The fraction of sp³-hybridized carbons (Fsp3) is 0.231. The van der Waals surface area contributed by atoms with Crippen LogP contribution in [0.15, 0.2) is 28.7 Å². The number of carbonyl (C=O) groups is 1. The van der Waals surface area contributed by atoms with Crippen LogP contribution < -0.4 is 5.32 Å². The zero-order chi connectivity index (χ0) is 14.0. The highest BCUT2D eigenvalue weighted by Crippen LogP contribution is 2.23. The van der Waals surface area contributed by atoms with Gasteiger partial charge in [-0.2, -0.15) is 5.10 Å². The highest BCUT2D eigenvalue weighted by atomic mass is 79.9. The summed E-state index contributed by atoms with van der Waals surface area (Å²) in [5, 5.41) is 6.87. The van der Waals surface area contributed by atoms with Crippen LogP contribution in [0.2, 0.25) is 0 Å². The summed E-state index contributed by atoms with van der Waals surface area (Å²) >= 11 is 3.27. The quantitative estimate of drug-likeness (QED) is 0.940. The van der Waals surface area contributed by atoms with Crippen LogP contribution in [-0.4, -0.2) is 15.7 Å². The molecule has 1 aromatic heterocycles. The molecule has 4 nitrogen and oxygen atoms in total. The lowest BCUT2D eigenvalue weighted by atomic mass is 10.3. The Morgan fingerprint density at radius 3 is 2.89 bits per heavy atom. The summed E-state index contributed by atoms with van der Waals surface area (Å²) < 4.78 is 15.4. The first-order valence-electron chi connectivity index (χ1n) is 5.82. The maximum atomic E-state index is 13.2. The molecule has 0 fully saturated rings.